The molecule has 0 N–H and O–H groups in total. The van der Waals surface area contributed by atoms with Crippen LogP contribution in [0.2, 0.25) is 0 Å². The molecule has 0 amide bonds. The van der Waals surface area contributed by atoms with Crippen LogP contribution in [-0.2, 0) is 19.1 Å². The van der Waals surface area contributed by atoms with Crippen LogP contribution in [0.1, 0.15) is 124 Å². The fourth-order valence-electron chi connectivity index (χ4n) is 3.46. The Bertz CT molecular complexity index is 456. The highest BCUT2D eigenvalue weighted by Gasteiger charge is 2.08. The Labute approximate surface area is 192 Å². The van der Waals surface area contributed by atoms with Crippen LogP contribution in [0.25, 0.3) is 0 Å². The first-order valence-corrected chi connectivity index (χ1v) is 12.9. The zero-order valence-corrected chi connectivity index (χ0v) is 21.0. The fourth-order valence-corrected chi connectivity index (χ4v) is 3.46. The van der Waals surface area contributed by atoms with E-state index in [2.05, 4.69) is 33.8 Å². The number of esters is 2. The molecule has 0 aliphatic carbocycles. The van der Waals surface area contributed by atoms with Crippen LogP contribution in [0.15, 0.2) is 12.2 Å². The fraction of sp³-hybridized carbons (Fsp3) is 0.852. The van der Waals surface area contributed by atoms with Gasteiger partial charge in [-0.15, -0.1) is 0 Å². The maximum absolute atomic E-state index is 11.8. The van der Waals surface area contributed by atoms with Crippen LogP contribution < -0.4 is 0 Å². The first-order chi connectivity index (χ1) is 15.0. The largest absolute Gasteiger partial charge is 0.466 e. The average molecular weight is 439 g/mol. The van der Waals surface area contributed by atoms with Crippen molar-refractivity contribution in [2.45, 2.75) is 124 Å². The SMILES string of the molecule is CCCCCCCCC/C=C/COC(=O)CCCC(=O)OCCC(C)CCCC(C)C. The molecular weight excluding hydrogens is 388 g/mol. The highest BCUT2D eigenvalue weighted by atomic mass is 16.5. The van der Waals surface area contributed by atoms with Gasteiger partial charge in [0.25, 0.3) is 0 Å². The third-order valence-corrected chi connectivity index (χ3v) is 5.60. The molecule has 0 bridgehead atoms. The minimum atomic E-state index is -0.243. The summed E-state index contributed by atoms with van der Waals surface area (Å²) in [5.41, 5.74) is 0. The van der Waals surface area contributed by atoms with Gasteiger partial charge in [-0.3, -0.25) is 9.59 Å². The molecule has 31 heavy (non-hydrogen) atoms. The summed E-state index contributed by atoms with van der Waals surface area (Å²) < 4.78 is 10.5. The predicted octanol–water partition coefficient (Wildman–Crippen LogP) is 7.79. The standard InChI is InChI=1S/C27H50O4/c1-5-6-7-8-9-10-11-12-13-14-22-30-26(28)19-16-20-27(29)31-23-21-25(4)18-15-17-24(2)3/h13-14,24-25H,5-12,15-23H2,1-4H3/b14-13+. The molecule has 0 saturated heterocycles. The van der Waals surface area contributed by atoms with Crippen LogP contribution in [0.4, 0.5) is 0 Å². The van der Waals surface area contributed by atoms with Gasteiger partial charge in [-0.2, -0.15) is 0 Å². The summed E-state index contributed by atoms with van der Waals surface area (Å²) in [6.07, 6.45) is 19.9. The van der Waals surface area contributed by atoms with Crippen molar-refractivity contribution in [3.63, 3.8) is 0 Å². The van der Waals surface area contributed by atoms with Crippen LogP contribution in [0, 0.1) is 11.8 Å². The average Bonchev–Trinajstić information content (AvgIpc) is 2.71. The molecule has 0 aromatic carbocycles. The predicted molar refractivity (Wildman–Crippen MR) is 130 cm³/mol. The number of allylic oxidation sites excluding steroid dienone is 1. The number of hydrogen-bond acceptors (Lipinski definition) is 4. The lowest BCUT2D eigenvalue weighted by Crippen LogP contribution is -2.10. The molecule has 0 aliphatic rings. The molecule has 182 valence electrons. The molecule has 0 aromatic heterocycles. The van der Waals surface area contributed by atoms with E-state index in [0.717, 1.165) is 18.8 Å². The number of carbonyl (C=O) groups excluding carboxylic acids is 2. The lowest BCUT2D eigenvalue weighted by molar-refractivity contribution is -0.145. The molecular formula is C27H50O4. The molecule has 4 nitrogen and oxygen atoms in total. The number of unbranched alkanes of at least 4 members (excludes halogenated alkanes) is 7. The van der Waals surface area contributed by atoms with Gasteiger partial charge in [-0.25, -0.2) is 0 Å². The number of carbonyl (C=O) groups is 2. The van der Waals surface area contributed by atoms with E-state index >= 15 is 0 Å². The summed E-state index contributed by atoms with van der Waals surface area (Å²) in [6.45, 7) is 9.76. The van der Waals surface area contributed by atoms with E-state index in [1.54, 1.807) is 0 Å². The quantitative estimate of drug-likeness (QED) is 0.104. The van der Waals surface area contributed by atoms with E-state index in [-0.39, 0.29) is 24.8 Å². The lowest BCUT2D eigenvalue weighted by atomic mass is 9.98. The molecule has 0 heterocycles. The van der Waals surface area contributed by atoms with Crippen molar-refractivity contribution in [1.82, 2.24) is 0 Å². The van der Waals surface area contributed by atoms with Gasteiger partial charge in [-0.1, -0.05) is 97.6 Å². The summed E-state index contributed by atoms with van der Waals surface area (Å²) in [5.74, 6) is 0.881. The van der Waals surface area contributed by atoms with Gasteiger partial charge in [0.15, 0.2) is 0 Å². The summed E-state index contributed by atoms with van der Waals surface area (Å²) in [4.78, 5) is 23.5. The van der Waals surface area contributed by atoms with Crippen LogP contribution in [-0.4, -0.2) is 25.2 Å². The van der Waals surface area contributed by atoms with Crippen molar-refractivity contribution < 1.29 is 19.1 Å². The highest BCUT2D eigenvalue weighted by molar-refractivity contribution is 5.72. The molecule has 0 spiro atoms. The molecule has 4 heteroatoms. The van der Waals surface area contributed by atoms with Gasteiger partial charge in [0.1, 0.15) is 6.61 Å². The molecule has 0 fully saturated rings. The van der Waals surface area contributed by atoms with Crippen molar-refractivity contribution in [1.29, 1.82) is 0 Å². The monoisotopic (exact) mass is 438 g/mol. The Morgan fingerprint density at radius 3 is 2.03 bits per heavy atom. The maximum Gasteiger partial charge on any atom is 0.306 e. The van der Waals surface area contributed by atoms with Crippen LogP contribution >= 0.6 is 0 Å². The van der Waals surface area contributed by atoms with Crippen molar-refractivity contribution in [2.24, 2.45) is 11.8 Å². The van der Waals surface area contributed by atoms with Gasteiger partial charge in [-0.05, 0) is 37.5 Å². The molecule has 0 rings (SSSR count). The van der Waals surface area contributed by atoms with Crippen LogP contribution in [0.3, 0.4) is 0 Å². The summed E-state index contributed by atoms with van der Waals surface area (Å²) in [5, 5.41) is 0. The van der Waals surface area contributed by atoms with Crippen LogP contribution in [0.5, 0.6) is 0 Å². The van der Waals surface area contributed by atoms with E-state index in [1.807, 2.05) is 6.08 Å². The second-order valence-electron chi connectivity index (χ2n) is 9.36. The summed E-state index contributed by atoms with van der Waals surface area (Å²) >= 11 is 0. The topological polar surface area (TPSA) is 52.6 Å². The zero-order valence-electron chi connectivity index (χ0n) is 21.0. The number of rotatable bonds is 21. The van der Waals surface area contributed by atoms with Crippen molar-refractivity contribution in [3.8, 4) is 0 Å². The maximum atomic E-state index is 11.8. The number of hydrogen-bond donors (Lipinski definition) is 0. The third-order valence-electron chi connectivity index (χ3n) is 5.60. The smallest absolute Gasteiger partial charge is 0.306 e. The lowest BCUT2D eigenvalue weighted by Gasteiger charge is -2.12. The van der Waals surface area contributed by atoms with Crippen molar-refractivity contribution in [3.05, 3.63) is 12.2 Å². The Morgan fingerprint density at radius 1 is 0.710 bits per heavy atom. The minimum Gasteiger partial charge on any atom is -0.466 e. The van der Waals surface area contributed by atoms with E-state index in [9.17, 15) is 9.59 Å². The Hall–Kier alpha value is -1.32. The summed E-state index contributed by atoms with van der Waals surface area (Å²) in [6, 6.07) is 0. The Morgan fingerprint density at radius 2 is 1.35 bits per heavy atom. The first kappa shape index (κ1) is 29.7. The van der Waals surface area contributed by atoms with Gasteiger partial charge in [0, 0.05) is 12.8 Å². The molecule has 0 aromatic rings. The Kier molecular flexibility index (Phi) is 21.0. The van der Waals surface area contributed by atoms with E-state index < -0.39 is 0 Å². The molecule has 1 atom stereocenters. The van der Waals surface area contributed by atoms with E-state index in [1.165, 1.54) is 64.2 Å². The second kappa shape index (κ2) is 21.9. The molecule has 0 radical (unpaired) electrons. The minimum absolute atomic E-state index is 0.211. The van der Waals surface area contributed by atoms with E-state index in [4.69, 9.17) is 9.47 Å². The molecule has 0 saturated carbocycles. The normalized spacial score (nSPS) is 12.4. The van der Waals surface area contributed by atoms with Gasteiger partial charge < -0.3 is 9.47 Å². The molecule has 1 unspecified atom stereocenters. The highest BCUT2D eigenvalue weighted by Crippen LogP contribution is 2.15. The third kappa shape index (κ3) is 23.2. The van der Waals surface area contributed by atoms with Gasteiger partial charge in [0.2, 0.25) is 0 Å². The zero-order chi connectivity index (χ0) is 23.2. The first-order valence-electron chi connectivity index (χ1n) is 12.9. The second-order valence-corrected chi connectivity index (χ2v) is 9.36. The van der Waals surface area contributed by atoms with Crippen molar-refractivity contribution >= 4 is 11.9 Å². The summed E-state index contributed by atoms with van der Waals surface area (Å²) in [7, 11) is 0. The molecule has 0 aliphatic heterocycles. The van der Waals surface area contributed by atoms with Crippen molar-refractivity contribution in [2.75, 3.05) is 13.2 Å². The Balaban J connectivity index is 3.50. The van der Waals surface area contributed by atoms with Gasteiger partial charge in [0.05, 0.1) is 6.61 Å². The van der Waals surface area contributed by atoms with Gasteiger partial charge >= 0.3 is 11.9 Å². The van der Waals surface area contributed by atoms with E-state index in [0.29, 0.717) is 25.6 Å². The number of ether oxygens (including phenoxy) is 2.